The molecule has 2 unspecified atom stereocenters. The molecule has 2 atom stereocenters. The van der Waals surface area contributed by atoms with Crippen LogP contribution in [-0.4, -0.2) is 52.8 Å². The van der Waals surface area contributed by atoms with Gasteiger partial charge in [0.05, 0.1) is 23.4 Å². The molecule has 156 valence electrons. The van der Waals surface area contributed by atoms with E-state index in [4.69, 9.17) is 9.72 Å². The van der Waals surface area contributed by atoms with Crippen molar-refractivity contribution in [2.45, 2.75) is 31.9 Å². The molecule has 0 aliphatic carbocycles. The monoisotopic (exact) mass is 426 g/mol. The minimum absolute atomic E-state index is 0.0400. The minimum atomic E-state index is -0.462. The number of nitrogens with zero attached hydrogens (tertiary/aromatic N) is 6. The molecule has 7 nitrogen and oxygen atoms in total. The molecule has 0 aromatic carbocycles. The summed E-state index contributed by atoms with van der Waals surface area (Å²) in [5, 5.41) is 1.95. The van der Waals surface area contributed by atoms with Gasteiger partial charge in [-0.05, 0) is 13.3 Å². The van der Waals surface area contributed by atoms with Gasteiger partial charge in [0.25, 0.3) is 0 Å². The molecule has 0 bridgehead atoms. The second-order valence-corrected chi connectivity index (χ2v) is 8.41. The fourth-order valence-corrected chi connectivity index (χ4v) is 4.82. The lowest BCUT2D eigenvalue weighted by atomic mass is 9.99. The normalized spacial score (nSPS) is 21.2. The standard InChI is InChI=1S/C21H23FN6OS/c1-13-16-9-23-21(18-11-30-12-24-18)25-17(16)4-6-28(13)14-7-19(22)26-20(8-14)27-5-3-15(10-27)29-2/h7-9,11-13,15H,3-6,10H2,1-2H3. The van der Waals surface area contributed by atoms with Crippen LogP contribution in [0.2, 0.25) is 0 Å². The van der Waals surface area contributed by atoms with Crippen LogP contribution < -0.4 is 9.80 Å². The van der Waals surface area contributed by atoms with Crippen LogP contribution in [0.3, 0.4) is 0 Å². The topological polar surface area (TPSA) is 67.3 Å². The Morgan fingerprint density at radius 1 is 1.20 bits per heavy atom. The number of aromatic nitrogens is 4. The molecule has 5 heterocycles. The molecule has 0 N–H and O–H groups in total. The third-order valence-corrected chi connectivity index (χ3v) is 6.55. The van der Waals surface area contributed by atoms with E-state index >= 15 is 0 Å². The minimum Gasteiger partial charge on any atom is -0.380 e. The van der Waals surface area contributed by atoms with Crippen LogP contribution in [0.25, 0.3) is 11.5 Å². The number of anilines is 2. The van der Waals surface area contributed by atoms with Crippen molar-refractivity contribution >= 4 is 22.8 Å². The largest absolute Gasteiger partial charge is 0.380 e. The van der Waals surface area contributed by atoms with Gasteiger partial charge in [0, 0.05) is 68.1 Å². The zero-order valence-electron chi connectivity index (χ0n) is 17.0. The lowest BCUT2D eigenvalue weighted by Crippen LogP contribution is -2.35. The van der Waals surface area contributed by atoms with E-state index in [1.807, 2.05) is 17.6 Å². The molecule has 0 spiro atoms. The van der Waals surface area contributed by atoms with Crippen molar-refractivity contribution in [3.63, 3.8) is 0 Å². The molecule has 1 saturated heterocycles. The lowest BCUT2D eigenvalue weighted by molar-refractivity contribution is 0.121. The van der Waals surface area contributed by atoms with Crippen LogP contribution in [0.5, 0.6) is 0 Å². The van der Waals surface area contributed by atoms with Gasteiger partial charge < -0.3 is 14.5 Å². The number of pyridine rings is 1. The van der Waals surface area contributed by atoms with Crippen molar-refractivity contribution in [3.8, 4) is 11.5 Å². The van der Waals surface area contributed by atoms with E-state index in [0.29, 0.717) is 11.6 Å². The summed E-state index contributed by atoms with van der Waals surface area (Å²) in [6.07, 6.45) is 3.75. The second kappa shape index (κ2) is 7.88. The first-order valence-corrected chi connectivity index (χ1v) is 11.0. The van der Waals surface area contributed by atoms with Crippen LogP contribution in [0.15, 0.2) is 29.2 Å². The van der Waals surface area contributed by atoms with Crippen molar-refractivity contribution in [2.75, 3.05) is 36.5 Å². The molecule has 3 aromatic rings. The molecular weight excluding hydrogens is 403 g/mol. The summed E-state index contributed by atoms with van der Waals surface area (Å²) in [7, 11) is 1.72. The Kier molecular flexibility index (Phi) is 5.08. The summed E-state index contributed by atoms with van der Waals surface area (Å²) < 4.78 is 19.9. The molecule has 30 heavy (non-hydrogen) atoms. The summed E-state index contributed by atoms with van der Waals surface area (Å²) in [6, 6.07) is 3.53. The number of hydrogen-bond donors (Lipinski definition) is 0. The van der Waals surface area contributed by atoms with E-state index in [-0.39, 0.29) is 12.1 Å². The predicted molar refractivity (Wildman–Crippen MR) is 114 cm³/mol. The van der Waals surface area contributed by atoms with Gasteiger partial charge in [-0.1, -0.05) is 0 Å². The first-order valence-electron chi connectivity index (χ1n) is 10.1. The zero-order valence-corrected chi connectivity index (χ0v) is 17.8. The van der Waals surface area contributed by atoms with E-state index in [9.17, 15) is 4.39 Å². The second-order valence-electron chi connectivity index (χ2n) is 7.69. The molecule has 0 saturated carbocycles. The van der Waals surface area contributed by atoms with Gasteiger partial charge in [-0.3, -0.25) is 0 Å². The summed E-state index contributed by atoms with van der Waals surface area (Å²) in [5.41, 5.74) is 5.53. The average molecular weight is 427 g/mol. The number of hydrogen-bond acceptors (Lipinski definition) is 8. The average Bonchev–Trinajstić information content (AvgIpc) is 3.45. The van der Waals surface area contributed by atoms with Crippen LogP contribution in [0, 0.1) is 5.95 Å². The van der Waals surface area contributed by atoms with Crippen molar-refractivity contribution in [1.82, 2.24) is 19.9 Å². The maximum absolute atomic E-state index is 14.4. The number of methoxy groups -OCH3 is 1. The van der Waals surface area contributed by atoms with Gasteiger partial charge in [-0.2, -0.15) is 4.39 Å². The summed E-state index contributed by atoms with van der Waals surface area (Å²) in [4.78, 5) is 22.0. The Balaban J connectivity index is 1.42. The first-order chi connectivity index (χ1) is 14.6. The highest BCUT2D eigenvalue weighted by molar-refractivity contribution is 7.07. The molecule has 9 heteroatoms. The first kappa shape index (κ1) is 19.3. The van der Waals surface area contributed by atoms with E-state index < -0.39 is 5.95 Å². The number of ether oxygens (including phenoxy) is 1. The summed E-state index contributed by atoms with van der Waals surface area (Å²) >= 11 is 1.53. The van der Waals surface area contributed by atoms with Crippen molar-refractivity contribution in [2.24, 2.45) is 0 Å². The molecule has 1 fully saturated rings. The molecule has 2 aliphatic heterocycles. The Hall–Kier alpha value is -2.65. The van der Waals surface area contributed by atoms with Crippen LogP contribution in [0.1, 0.15) is 30.6 Å². The Bertz CT molecular complexity index is 1050. The highest BCUT2D eigenvalue weighted by Crippen LogP contribution is 2.35. The van der Waals surface area contributed by atoms with Gasteiger partial charge in [0.1, 0.15) is 11.5 Å². The van der Waals surface area contributed by atoms with E-state index in [0.717, 1.165) is 55.1 Å². The molecule has 3 aromatic heterocycles. The molecule has 0 radical (unpaired) electrons. The third kappa shape index (κ3) is 3.52. The smallest absolute Gasteiger partial charge is 0.216 e. The van der Waals surface area contributed by atoms with E-state index in [1.165, 1.54) is 17.4 Å². The van der Waals surface area contributed by atoms with E-state index in [2.05, 4.69) is 31.7 Å². The SMILES string of the molecule is COC1CCN(c2cc(N3CCc4nc(-c5cscn5)ncc4C3C)cc(F)n2)C1. The molecular formula is C21H23FN6OS. The highest BCUT2D eigenvalue weighted by atomic mass is 32.1. The maximum Gasteiger partial charge on any atom is 0.216 e. The number of halogens is 1. The Morgan fingerprint density at radius 3 is 2.87 bits per heavy atom. The molecule has 5 rings (SSSR count). The van der Waals surface area contributed by atoms with Crippen molar-refractivity contribution in [3.05, 3.63) is 46.4 Å². The third-order valence-electron chi connectivity index (χ3n) is 5.97. The Labute approximate surface area is 178 Å². The molecule has 0 amide bonds. The number of fused-ring (bicyclic) bond motifs is 1. The van der Waals surface area contributed by atoms with Gasteiger partial charge in [0.15, 0.2) is 5.82 Å². The van der Waals surface area contributed by atoms with Gasteiger partial charge >= 0.3 is 0 Å². The number of thiazole rings is 1. The van der Waals surface area contributed by atoms with Crippen molar-refractivity contribution < 1.29 is 9.13 Å². The van der Waals surface area contributed by atoms with Crippen LogP contribution >= 0.6 is 11.3 Å². The van der Waals surface area contributed by atoms with Crippen LogP contribution in [0.4, 0.5) is 15.9 Å². The zero-order chi connectivity index (χ0) is 20.7. The van der Waals surface area contributed by atoms with Crippen LogP contribution in [-0.2, 0) is 11.2 Å². The van der Waals surface area contributed by atoms with Gasteiger partial charge in [-0.25, -0.2) is 19.9 Å². The predicted octanol–water partition coefficient (Wildman–Crippen LogP) is 3.48. The number of rotatable bonds is 4. The fourth-order valence-electron chi connectivity index (χ4n) is 4.29. The quantitative estimate of drug-likeness (QED) is 0.592. The van der Waals surface area contributed by atoms with Crippen molar-refractivity contribution in [1.29, 1.82) is 0 Å². The Morgan fingerprint density at radius 2 is 2.10 bits per heavy atom. The molecule has 2 aliphatic rings. The van der Waals surface area contributed by atoms with E-state index in [1.54, 1.807) is 12.6 Å². The lowest BCUT2D eigenvalue weighted by Gasteiger charge is -2.36. The van der Waals surface area contributed by atoms with Gasteiger partial charge in [0.2, 0.25) is 5.95 Å². The summed E-state index contributed by atoms with van der Waals surface area (Å²) in [6.45, 7) is 4.42. The summed E-state index contributed by atoms with van der Waals surface area (Å²) in [5.74, 6) is 0.865. The van der Waals surface area contributed by atoms with Gasteiger partial charge in [-0.15, -0.1) is 11.3 Å². The highest BCUT2D eigenvalue weighted by Gasteiger charge is 2.29. The fraction of sp³-hybridized carbons (Fsp3) is 0.429. The maximum atomic E-state index is 14.4.